The molecule has 18 heavy (non-hydrogen) atoms. The quantitative estimate of drug-likeness (QED) is 0.744. The van der Waals surface area contributed by atoms with Crippen LogP contribution in [0.1, 0.15) is 24.8 Å². The van der Waals surface area contributed by atoms with Crippen molar-refractivity contribution in [3.05, 3.63) is 28.8 Å². The van der Waals surface area contributed by atoms with E-state index in [0.717, 1.165) is 5.56 Å². The first-order valence-corrected chi connectivity index (χ1v) is 6.23. The lowest BCUT2D eigenvalue weighted by Gasteiger charge is -2.75. The van der Waals surface area contributed by atoms with Crippen molar-refractivity contribution in [3.8, 4) is 5.75 Å². The van der Waals surface area contributed by atoms with Gasteiger partial charge in [0.1, 0.15) is 5.75 Å². The predicted octanol–water partition coefficient (Wildman–Crippen LogP) is 4.37. The number of ether oxygens (including phenoxy) is 1. The van der Waals surface area contributed by atoms with Gasteiger partial charge in [-0.05, 0) is 23.6 Å². The van der Waals surface area contributed by atoms with Crippen LogP contribution >= 0.6 is 11.6 Å². The van der Waals surface area contributed by atoms with E-state index in [0.29, 0.717) is 10.8 Å². The van der Waals surface area contributed by atoms with Crippen LogP contribution in [-0.4, -0.2) is 14.1 Å². The maximum absolute atomic E-state index is 12.9. The van der Waals surface area contributed by atoms with Crippen LogP contribution in [0.2, 0.25) is 10.3 Å². The molecule has 0 spiro atoms. The summed E-state index contributed by atoms with van der Waals surface area (Å²) in [5, 5.41) is -0.838. The van der Waals surface area contributed by atoms with E-state index >= 15 is 0 Å². The van der Waals surface area contributed by atoms with Gasteiger partial charge in [-0.1, -0.05) is 36.2 Å². The Bertz CT molecular complexity index is 495. The highest BCUT2D eigenvalue weighted by molar-refractivity contribution is 6.63. The van der Waals surface area contributed by atoms with E-state index in [2.05, 4.69) is 0 Å². The molecule has 0 radical (unpaired) electrons. The summed E-state index contributed by atoms with van der Waals surface area (Å²) in [7, 11) is 1.53. The minimum Gasteiger partial charge on any atom is -0.496 e. The average molecular weight is 275 g/mol. The molecule has 1 aromatic carbocycles. The number of methoxy groups -OCH3 is 1. The summed E-state index contributed by atoms with van der Waals surface area (Å²) in [6.45, 7) is -4.73. The van der Waals surface area contributed by atoms with Gasteiger partial charge in [-0.25, -0.2) is 0 Å². The Morgan fingerprint density at radius 1 is 1.22 bits per heavy atom. The molecule has 0 heterocycles. The standard InChI is InChI=1S/C12H12BClF3O/c1-18-10-3-2-8(14)4-9(10)11-5-12(6-11,7-11)13(15,16)17/h2-4H,5-7H2,1H3/q-1. The van der Waals surface area contributed by atoms with Gasteiger partial charge >= 0.3 is 6.98 Å². The molecule has 98 valence electrons. The largest absolute Gasteiger partial charge is 0.496 e. The smallest absolute Gasteiger partial charge is 0.484 e. The molecule has 0 aromatic heterocycles. The van der Waals surface area contributed by atoms with Crippen molar-refractivity contribution in [2.45, 2.75) is 30.0 Å². The molecular weight excluding hydrogens is 263 g/mol. The molecule has 0 amide bonds. The van der Waals surface area contributed by atoms with Crippen LogP contribution in [0.15, 0.2) is 18.2 Å². The lowest BCUT2D eigenvalue weighted by Crippen LogP contribution is -2.67. The molecular formula is C12H12BClF3O-. The first kappa shape index (κ1) is 12.2. The third kappa shape index (κ3) is 1.37. The van der Waals surface area contributed by atoms with E-state index in [9.17, 15) is 12.9 Å². The molecule has 2 bridgehead atoms. The predicted molar refractivity (Wildman–Crippen MR) is 65.3 cm³/mol. The number of benzene rings is 1. The van der Waals surface area contributed by atoms with Gasteiger partial charge in [-0.3, -0.25) is 0 Å². The molecule has 1 aromatic rings. The molecule has 3 saturated carbocycles. The van der Waals surface area contributed by atoms with Crippen LogP contribution in [0, 0.1) is 0 Å². The minimum absolute atomic E-state index is 0.195. The Labute approximate surface area is 108 Å². The number of hydrogen-bond donors (Lipinski definition) is 0. The molecule has 3 aliphatic carbocycles. The third-order valence-corrected chi connectivity index (χ3v) is 4.73. The highest BCUT2D eigenvalue weighted by Gasteiger charge is 2.74. The summed E-state index contributed by atoms with van der Waals surface area (Å²) < 4.78 is 43.9. The highest BCUT2D eigenvalue weighted by Crippen LogP contribution is 2.83. The molecule has 0 unspecified atom stereocenters. The molecule has 3 aliphatic rings. The zero-order chi connectivity index (χ0) is 13.2. The maximum atomic E-state index is 12.9. The fraction of sp³-hybridized carbons (Fsp3) is 0.500. The molecule has 3 fully saturated rings. The van der Waals surface area contributed by atoms with Gasteiger partial charge < -0.3 is 17.7 Å². The van der Waals surface area contributed by atoms with Crippen LogP contribution in [0.25, 0.3) is 0 Å². The van der Waals surface area contributed by atoms with Crippen molar-refractivity contribution in [1.29, 1.82) is 0 Å². The van der Waals surface area contributed by atoms with Crippen molar-refractivity contribution in [2.24, 2.45) is 0 Å². The van der Waals surface area contributed by atoms with Gasteiger partial charge in [0.25, 0.3) is 0 Å². The Morgan fingerprint density at radius 3 is 2.33 bits per heavy atom. The topological polar surface area (TPSA) is 9.23 Å². The minimum atomic E-state index is -4.73. The molecule has 0 N–H and O–H groups in total. The fourth-order valence-electron chi connectivity index (χ4n) is 3.59. The van der Waals surface area contributed by atoms with Crippen LogP contribution in [-0.2, 0) is 5.41 Å². The van der Waals surface area contributed by atoms with Crippen LogP contribution in [0.3, 0.4) is 0 Å². The lowest BCUT2D eigenvalue weighted by atomic mass is 9.23. The van der Waals surface area contributed by atoms with Crippen molar-refractivity contribution >= 4 is 18.6 Å². The summed E-state index contributed by atoms with van der Waals surface area (Å²) in [5.74, 6) is 0.641. The van der Waals surface area contributed by atoms with Gasteiger partial charge in [-0.2, -0.15) is 0 Å². The van der Waals surface area contributed by atoms with Crippen LogP contribution in [0.4, 0.5) is 12.9 Å². The van der Waals surface area contributed by atoms with E-state index in [1.54, 1.807) is 18.2 Å². The van der Waals surface area contributed by atoms with Gasteiger partial charge in [0.2, 0.25) is 0 Å². The summed E-state index contributed by atoms with van der Waals surface area (Å²) in [4.78, 5) is 0. The van der Waals surface area contributed by atoms with Crippen molar-refractivity contribution < 1.29 is 17.7 Å². The van der Waals surface area contributed by atoms with Crippen molar-refractivity contribution in [3.63, 3.8) is 0 Å². The van der Waals surface area contributed by atoms with Gasteiger partial charge in [0, 0.05) is 10.6 Å². The zero-order valence-electron chi connectivity index (χ0n) is 9.85. The van der Waals surface area contributed by atoms with E-state index in [1.165, 1.54) is 7.11 Å². The van der Waals surface area contributed by atoms with E-state index in [1.807, 2.05) is 0 Å². The second kappa shape index (κ2) is 3.38. The highest BCUT2D eigenvalue weighted by atomic mass is 35.5. The van der Waals surface area contributed by atoms with Gasteiger partial charge in [-0.15, -0.1) is 0 Å². The Morgan fingerprint density at radius 2 is 1.83 bits per heavy atom. The first-order valence-electron chi connectivity index (χ1n) is 5.85. The second-order valence-electron chi connectivity index (χ2n) is 5.59. The Balaban J connectivity index is 1.91. The summed E-state index contributed by atoms with van der Waals surface area (Å²) in [6, 6.07) is 5.16. The molecule has 0 atom stereocenters. The van der Waals surface area contributed by atoms with Gasteiger partial charge in [0.15, 0.2) is 0 Å². The lowest BCUT2D eigenvalue weighted by molar-refractivity contribution is -0.0414. The normalized spacial score (nSPS) is 33.6. The molecule has 4 rings (SSSR count). The van der Waals surface area contributed by atoms with E-state index < -0.39 is 12.3 Å². The number of halogens is 4. The summed E-state index contributed by atoms with van der Waals surface area (Å²) >= 11 is 5.93. The average Bonchev–Trinajstić information content (AvgIpc) is 2.11. The monoisotopic (exact) mass is 275 g/mol. The summed E-state index contributed by atoms with van der Waals surface area (Å²) in [6.07, 6.45) is 0.584. The Kier molecular flexibility index (Phi) is 2.29. The zero-order valence-corrected chi connectivity index (χ0v) is 10.6. The SMILES string of the molecule is COc1ccc(Cl)cc1C12CC([B-](F)(F)F)(C1)C2. The molecule has 1 nitrogen and oxygen atoms in total. The Hall–Kier alpha value is -0.835. The molecule has 0 saturated heterocycles. The number of hydrogen-bond acceptors (Lipinski definition) is 1. The van der Waals surface area contributed by atoms with Crippen LogP contribution in [0.5, 0.6) is 5.75 Å². The van der Waals surface area contributed by atoms with Gasteiger partial charge in [0.05, 0.1) is 7.11 Å². The maximum Gasteiger partial charge on any atom is 0.484 e. The summed E-state index contributed by atoms with van der Waals surface area (Å²) in [5.41, 5.74) is 0.479. The van der Waals surface area contributed by atoms with E-state index in [4.69, 9.17) is 16.3 Å². The second-order valence-corrected chi connectivity index (χ2v) is 6.03. The van der Waals surface area contributed by atoms with Crippen LogP contribution < -0.4 is 4.74 Å². The van der Waals surface area contributed by atoms with Crippen molar-refractivity contribution in [2.75, 3.05) is 7.11 Å². The first-order chi connectivity index (χ1) is 8.32. The molecule has 6 heteroatoms. The molecule has 0 aliphatic heterocycles. The fourth-order valence-corrected chi connectivity index (χ4v) is 3.77. The number of rotatable bonds is 3. The van der Waals surface area contributed by atoms with E-state index in [-0.39, 0.29) is 24.7 Å². The van der Waals surface area contributed by atoms with Crippen molar-refractivity contribution in [1.82, 2.24) is 0 Å². The third-order valence-electron chi connectivity index (χ3n) is 4.50.